The molecule has 4 nitrogen and oxygen atoms in total. The van der Waals surface area contributed by atoms with Crippen molar-refractivity contribution in [3.05, 3.63) is 0 Å². The van der Waals surface area contributed by atoms with Crippen LogP contribution in [0.1, 0.15) is 20.8 Å². The second kappa shape index (κ2) is 5.68. The second-order valence-corrected chi connectivity index (χ2v) is 6.60. The first-order valence-electron chi connectivity index (χ1n) is 4.73. The smallest absolute Gasteiger partial charge is 0.148 e. The predicted molar refractivity (Wildman–Crippen MR) is 58.3 cm³/mol. The molecule has 1 N–H and O–H groups in total. The summed E-state index contributed by atoms with van der Waals surface area (Å²) in [6, 6.07) is 0. The van der Waals surface area contributed by atoms with E-state index in [2.05, 4.69) is 5.32 Å². The van der Waals surface area contributed by atoms with E-state index in [1.807, 2.05) is 20.8 Å². The van der Waals surface area contributed by atoms with Gasteiger partial charge < -0.3 is 10.1 Å². The average Bonchev–Trinajstić information content (AvgIpc) is 1.92. The minimum atomic E-state index is -2.84. The molecule has 0 aromatic rings. The Labute approximate surface area is 86.9 Å². The fraction of sp³-hybridized carbons (Fsp3) is 1.00. The lowest BCUT2D eigenvalue weighted by molar-refractivity contribution is -0.000619. The first kappa shape index (κ1) is 13.9. The molecular weight excluding hydrogens is 202 g/mol. The zero-order valence-corrected chi connectivity index (χ0v) is 10.3. The van der Waals surface area contributed by atoms with Crippen molar-refractivity contribution in [1.82, 2.24) is 5.32 Å². The fourth-order valence-electron chi connectivity index (χ4n) is 0.812. The van der Waals surface area contributed by atoms with Crippen LogP contribution < -0.4 is 5.32 Å². The molecule has 0 atom stereocenters. The quantitative estimate of drug-likeness (QED) is 0.664. The molecule has 0 saturated heterocycles. The van der Waals surface area contributed by atoms with Gasteiger partial charge in [-0.25, -0.2) is 8.42 Å². The molecule has 86 valence electrons. The molecular formula is C9H21NO3S. The maximum atomic E-state index is 10.8. The Balaban J connectivity index is 3.32. The zero-order valence-electron chi connectivity index (χ0n) is 9.46. The summed E-state index contributed by atoms with van der Waals surface area (Å²) in [5, 5.41) is 3.01. The lowest BCUT2D eigenvalue weighted by Crippen LogP contribution is -2.29. The van der Waals surface area contributed by atoms with Crippen molar-refractivity contribution in [2.75, 3.05) is 31.7 Å². The van der Waals surface area contributed by atoms with Crippen LogP contribution in [0.25, 0.3) is 0 Å². The van der Waals surface area contributed by atoms with Gasteiger partial charge >= 0.3 is 0 Å². The van der Waals surface area contributed by atoms with Crippen LogP contribution in [0.15, 0.2) is 0 Å². The zero-order chi connectivity index (χ0) is 11.2. The molecule has 0 bridgehead atoms. The third-order valence-electron chi connectivity index (χ3n) is 1.46. The molecule has 0 spiro atoms. The molecule has 0 saturated carbocycles. The Morgan fingerprint density at radius 3 is 2.21 bits per heavy atom. The standard InChI is InChI=1S/C9H21NO3S/c1-9(2,3)13-7-5-10-6-8-14(4,11)12/h10H,5-8H2,1-4H3. The second-order valence-electron chi connectivity index (χ2n) is 4.34. The van der Waals surface area contributed by atoms with Crippen molar-refractivity contribution in [1.29, 1.82) is 0 Å². The van der Waals surface area contributed by atoms with E-state index in [-0.39, 0.29) is 11.4 Å². The summed E-state index contributed by atoms with van der Waals surface area (Å²) in [5.41, 5.74) is -0.126. The average molecular weight is 223 g/mol. The van der Waals surface area contributed by atoms with Gasteiger partial charge in [-0.1, -0.05) is 0 Å². The molecule has 0 aliphatic rings. The van der Waals surface area contributed by atoms with Crippen LogP contribution in [0.5, 0.6) is 0 Å². The summed E-state index contributed by atoms with van der Waals surface area (Å²) in [7, 11) is -2.84. The van der Waals surface area contributed by atoms with Gasteiger partial charge in [0.15, 0.2) is 0 Å². The van der Waals surface area contributed by atoms with Crippen molar-refractivity contribution in [3.63, 3.8) is 0 Å². The lowest BCUT2D eigenvalue weighted by Gasteiger charge is -2.19. The van der Waals surface area contributed by atoms with Gasteiger partial charge in [-0.05, 0) is 20.8 Å². The van der Waals surface area contributed by atoms with Crippen molar-refractivity contribution in [2.24, 2.45) is 0 Å². The van der Waals surface area contributed by atoms with Gasteiger partial charge in [0.05, 0.1) is 18.0 Å². The van der Waals surface area contributed by atoms with Crippen LogP contribution >= 0.6 is 0 Å². The Morgan fingerprint density at radius 2 is 1.79 bits per heavy atom. The number of hydrogen-bond donors (Lipinski definition) is 1. The first-order valence-corrected chi connectivity index (χ1v) is 6.79. The number of hydrogen-bond acceptors (Lipinski definition) is 4. The molecule has 14 heavy (non-hydrogen) atoms. The van der Waals surface area contributed by atoms with Gasteiger partial charge in [0, 0.05) is 19.3 Å². The monoisotopic (exact) mass is 223 g/mol. The number of nitrogens with one attached hydrogen (secondary N) is 1. The highest BCUT2D eigenvalue weighted by molar-refractivity contribution is 7.90. The summed E-state index contributed by atoms with van der Waals surface area (Å²) < 4.78 is 27.0. The number of sulfone groups is 1. The van der Waals surface area contributed by atoms with E-state index < -0.39 is 9.84 Å². The lowest BCUT2D eigenvalue weighted by atomic mass is 10.2. The highest BCUT2D eigenvalue weighted by atomic mass is 32.2. The Morgan fingerprint density at radius 1 is 1.21 bits per heavy atom. The van der Waals surface area contributed by atoms with Crippen LogP contribution in [-0.4, -0.2) is 45.7 Å². The van der Waals surface area contributed by atoms with Crippen molar-refractivity contribution < 1.29 is 13.2 Å². The molecule has 0 amide bonds. The van der Waals surface area contributed by atoms with Gasteiger partial charge in [-0.2, -0.15) is 0 Å². The maximum absolute atomic E-state index is 10.8. The van der Waals surface area contributed by atoms with Crippen LogP contribution in [0.2, 0.25) is 0 Å². The molecule has 5 heteroatoms. The van der Waals surface area contributed by atoms with Gasteiger partial charge in [0.1, 0.15) is 9.84 Å². The Kier molecular flexibility index (Phi) is 5.63. The molecule has 0 heterocycles. The highest BCUT2D eigenvalue weighted by Gasteiger charge is 2.08. The van der Waals surface area contributed by atoms with Crippen LogP contribution in [0.4, 0.5) is 0 Å². The molecule has 0 aromatic heterocycles. The van der Waals surface area contributed by atoms with Gasteiger partial charge in [-0.15, -0.1) is 0 Å². The Bertz CT molecular complexity index is 241. The van der Waals surface area contributed by atoms with Crippen molar-refractivity contribution in [3.8, 4) is 0 Å². The summed E-state index contributed by atoms with van der Waals surface area (Å²) in [5.74, 6) is 0.183. The summed E-state index contributed by atoms with van der Waals surface area (Å²) in [4.78, 5) is 0. The number of rotatable bonds is 6. The molecule has 0 rings (SSSR count). The normalized spacial score (nSPS) is 13.1. The predicted octanol–water partition coefficient (Wildman–Crippen LogP) is 0.436. The molecule has 0 radical (unpaired) electrons. The molecule has 0 unspecified atom stereocenters. The van der Waals surface area contributed by atoms with Gasteiger partial charge in [-0.3, -0.25) is 0 Å². The fourth-order valence-corrected chi connectivity index (χ4v) is 1.33. The topological polar surface area (TPSA) is 55.4 Å². The van der Waals surface area contributed by atoms with Gasteiger partial charge in [0.2, 0.25) is 0 Å². The molecule has 0 fully saturated rings. The largest absolute Gasteiger partial charge is 0.375 e. The van der Waals surface area contributed by atoms with Crippen LogP contribution in [0, 0.1) is 0 Å². The minimum Gasteiger partial charge on any atom is -0.375 e. The van der Waals surface area contributed by atoms with E-state index in [1.54, 1.807) is 0 Å². The third-order valence-corrected chi connectivity index (χ3v) is 2.41. The SMILES string of the molecule is CC(C)(C)OCCNCCS(C)(=O)=O. The summed E-state index contributed by atoms with van der Waals surface area (Å²) >= 11 is 0. The third kappa shape index (κ3) is 11.9. The first-order chi connectivity index (χ1) is 6.21. The molecule has 0 aliphatic heterocycles. The van der Waals surface area contributed by atoms with Gasteiger partial charge in [0.25, 0.3) is 0 Å². The van der Waals surface area contributed by atoms with E-state index in [0.717, 1.165) is 0 Å². The Hall–Kier alpha value is -0.130. The maximum Gasteiger partial charge on any atom is 0.148 e. The minimum absolute atomic E-state index is 0.126. The molecule has 0 aliphatic carbocycles. The highest BCUT2D eigenvalue weighted by Crippen LogP contribution is 2.04. The van der Waals surface area contributed by atoms with Crippen molar-refractivity contribution >= 4 is 9.84 Å². The summed E-state index contributed by atoms with van der Waals surface area (Å²) in [6.07, 6.45) is 1.24. The van der Waals surface area contributed by atoms with Crippen molar-refractivity contribution in [2.45, 2.75) is 26.4 Å². The van der Waals surface area contributed by atoms with Crippen LogP contribution in [-0.2, 0) is 14.6 Å². The van der Waals surface area contributed by atoms with Crippen LogP contribution in [0.3, 0.4) is 0 Å². The van der Waals surface area contributed by atoms with E-state index >= 15 is 0 Å². The van der Waals surface area contributed by atoms with E-state index in [0.29, 0.717) is 19.7 Å². The van der Waals surface area contributed by atoms with E-state index in [9.17, 15) is 8.42 Å². The van der Waals surface area contributed by atoms with E-state index in [1.165, 1.54) is 6.26 Å². The molecule has 0 aromatic carbocycles. The van der Waals surface area contributed by atoms with E-state index in [4.69, 9.17) is 4.74 Å². The number of ether oxygens (including phenoxy) is 1. The summed E-state index contributed by atoms with van der Waals surface area (Å²) in [6.45, 7) is 7.75.